The molecule has 1 aliphatic heterocycles. The molecule has 8 nitrogen and oxygen atoms in total. The molecule has 0 radical (unpaired) electrons. The maximum atomic E-state index is 12.8. The quantitative estimate of drug-likeness (QED) is 0.754. The van der Waals surface area contributed by atoms with E-state index < -0.39 is 0 Å². The lowest BCUT2D eigenvalue weighted by Gasteiger charge is -2.20. The summed E-state index contributed by atoms with van der Waals surface area (Å²) in [6.45, 7) is 6.46. The number of fused-ring (bicyclic) bond motifs is 1. The predicted molar refractivity (Wildman–Crippen MR) is 100 cm³/mol. The van der Waals surface area contributed by atoms with Gasteiger partial charge in [0, 0.05) is 33.1 Å². The van der Waals surface area contributed by atoms with Crippen LogP contribution in [0.15, 0.2) is 23.0 Å². The summed E-state index contributed by atoms with van der Waals surface area (Å²) in [6, 6.07) is 5.61. The van der Waals surface area contributed by atoms with Crippen LogP contribution in [0.3, 0.4) is 0 Å². The molecule has 0 bridgehead atoms. The molecule has 1 aromatic heterocycles. The number of carbonyl (C=O) groups excluding carboxylic acids is 1. The van der Waals surface area contributed by atoms with Crippen LogP contribution in [0.25, 0.3) is 0 Å². The van der Waals surface area contributed by atoms with Crippen molar-refractivity contribution in [3.05, 3.63) is 40.1 Å². The van der Waals surface area contributed by atoms with Gasteiger partial charge in [0.05, 0.1) is 19.6 Å². The van der Waals surface area contributed by atoms with Crippen LogP contribution in [0.5, 0.6) is 11.5 Å². The Morgan fingerprint density at radius 3 is 2.59 bits per heavy atom. The minimum absolute atomic E-state index is 0.0317. The third-order valence-corrected chi connectivity index (χ3v) is 4.60. The molecule has 2 heterocycles. The highest BCUT2D eigenvalue weighted by molar-refractivity contribution is 5.79. The van der Waals surface area contributed by atoms with Crippen LogP contribution in [0.1, 0.15) is 25.2 Å². The van der Waals surface area contributed by atoms with E-state index in [0.29, 0.717) is 50.8 Å². The number of carbonyl (C=O) groups is 1. The Kier molecular flexibility index (Phi) is 5.83. The van der Waals surface area contributed by atoms with E-state index in [0.717, 1.165) is 11.4 Å². The second-order valence-corrected chi connectivity index (χ2v) is 6.43. The van der Waals surface area contributed by atoms with E-state index in [4.69, 9.17) is 9.47 Å². The first-order valence-corrected chi connectivity index (χ1v) is 9.32. The molecule has 27 heavy (non-hydrogen) atoms. The molecule has 0 saturated heterocycles. The van der Waals surface area contributed by atoms with Crippen molar-refractivity contribution >= 4 is 5.91 Å². The van der Waals surface area contributed by atoms with Crippen LogP contribution in [-0.2, 0) is 31.2 Å². The lowest BCUT2D eigenvalue weighted by atomic mass is 10.1. The van der Waals surface area contributed by atoms with Crippen LogP contribution >= 0.6 is 0 Å². The summed E-state index contributed by atoms with van der Waals surface area (Å²) in [6.07, 6.45) is 0.863. The van der Waals surface area contributed by atoms with E-state index in [1.54, 1.807) is 16.5 Å². The fourth-order valence-corrected chi connectivity index (χ4v) is 3.27. The molecule has 1 amide bonds. The number of hydrogen-bond donors (Lipinski definition) is 0. The van der Waals surface area contributed by atoms with E-state index in [1.165, 1.54) is 4.68 Å². The van der Waals surface area contributed by atoms with Crippen molar-refractivity contribution in [2.24, 2.45) is 7.05 Å². The number of rotatable bonds is 6. The summed E-state index contributed by atoms with van der Waals surface area (Å²) < 4.78 is 14.2. The Balaban J connectivity index is 1.68. The molecule has 3 rings (SSSR count). The minimum atomic E-state index is -0.132. The number of hydrogen-bond acceptors (Lipinski definition) is 5. The zero-order valence-electron chi connectivity index (χ0n) is 16.1. The van der Waals surface area contributed by atoms with E-state index in [2.05, 4.69) is 5.10 Å². The molecule has 0 spiro atoms. The molecule has 1 aromatic carbocycles. The van der Waals surface area contributed by atoms with Crippen molar-refractivity contribution in [2.45, 2.75) is 33.2 Å². The molecule has 0 saturated carbocycles. The molecule has 2 aromatic rings. The summed E-state index contributed by atoms with van der Waals surface area (Å²) in [5.41, 5.74) is 0.747. The van der Waals surface area contributed by atoms with Gasteiger partial charge >= 0.3 is 5.69 Å². The predicted octanol–water partition coefficient (Wildman–Crippen LogP) is 1.01. The molecule has 0 N–H and O–H groups in total. The Labute approximate surface area is 158 Å². The van der Waals surface area contributed by atoms with E-state index in [9.17, 15) is 9.59 Å². The zero-order chi connectivity index (χ0) is 19.4. The number of ether oxygens (including phenoxy) is 2. The number of benzene rings is 1. The van der Waals surface area contributed by atoms with Gasteiger partial charge in [0.2, 0.25) is 5.91 Å². The van der Waals surface area contributed by atoms with Crippen molar-refractivity contribution in [3.63, 3.8) is 0 Å². The Hall–Kier alpha value is -2.77. The standard InChI is InChI=1S/C19H26N4O4/c1-4-26-15-7-6-14(12-16(15)27-5-2)13-18(24)22-9-8-17-20-21(3)19(25)23(17)11-10-22/h6-7,12H,4-5,8-11,13H2,1-3H3. The molecule has 8 heteroatoms. The van der Waals surface area contributed by atoms with Gasteiger partial charge in [0.15, 0.2) is 11.5 Å². The Bertz CT molecular complexity index is 871. The number of aryl methyl sites for hydroxylation is 1. The summed E-state index contributed by atoms with van der Waals surface area (Å²) in [7, 11) is 1.65. The lowest BCUT2D eigenvalue weighted by molar-refractivity contribution is -0.130. The molecule has 1 aliphatic rings. The molecular weight excluding hydrogens is 348 g/mol. The highest BCUT2D eigenvalue weighted by Gasteiger charge is 2.22. The van der Waals surface area contributed by atoms with Crippen LogP contribution < -0.4 is 15.2 Å². The molecule has 0 unspecified atom stereocenters. The monoisotopic (exact) mass is 374 g/mol. The van der Waals surface area contributed by atoms with Crippen molar-refractivity contribution in [1.29, 1.82) is 0 Å². The van der Waals surface area contributed by atoms with Gasteiger partial charge in [-0.2, -0.15) is 5.10 Å². The fourth-order valence-electron chi connectivity index (χ4n) is 3.27. The number of amides is 1. The fraction of sp³-hybridized carbons (Fsp3) is 0.526. The third kappa shape index (κ3) is 4.15. The van der Waals surface area contributed by atoms with Gasteiger partial charge in [-0.15, -0.1) is 0 Å². The van der Waals surface area contributed by atoms with Gasteiger partial charge < -0.3 is 14.4 Å². The van der Waals surface area contributed by atoms with Crippen molar-refractivity contribution in [2.75, 3.05) is 26.3 Å². The van der Waals surface area contributed by atoms with Crippen molar-refractivity contribution in [1.82, 2.24) is 19.2 Å². The second kappa shape index (κ2) is 8.28. The Morgan fingerprint density at radius 2 is 1.85 bits per heavy atom. The number of aromatic nitrogens is 3. The van der Waals surface area contributed by atoms with Gasteiger partial charge in [-0.25, -0.2) is 9.48 Å². The normalized spacial score (nSPS) is 13.8. The van der Waals surface area contributed by atoms with Crippen molar-refractivity contribution in [3.8, 4) is 11.5 Å². The van der Waals surface area contributed by atoms with Gasteiger partial charge in [-0.05, 0) is 31.5 Å². The molecule has 0 fully saturated rings. The average molecular weight is 374 g/mol. The van der Waals surface area contributed by atoms with Crippen LogP contribution in [-0.4, -0.2) is 51.5 Å². The van der Waals surface area contributed by atoms with Crippen molar-refractivity contribution < 1.29 is 14.3 Å². The third-order valence-electron chi connectivity index (χ3n) is 4.60. The first kappa shape index (κ1) is 19.0. The van der Waals surface area contributed by atoms with Gasteiger partial charge in [-0.1, -0.05) is 6.07 Å². The topological polar surface area (TPSA) is 78.6 Å². The van der Waals surface area contributed by atoms with E-state index >= 15 is 0 Å². The van der Waals surface area contributed by atoms with Crippen LogP contribution in [0.4, 0.5) is 0 Å². The highest BCUT2D eigenvalue weighted by Crippen LogP contribution is 2.29. The molecule has 0 aliphatic carbocycles. The lowest BCUT2D eigenvalue weighted by Crippen LogP contribution is -2.36. The highest BCUT2D eigenvalue weighted by atomic mass is 16.5. The van der Waals surface area contributed by atoms with E-state index in [1.807, 2.05) is 32.0 Å². The largest absolute Gasteiger partial charge is 0.490 e. The smallest absolute Gasteiger partial charge is 0.345 e. The maximum absolute atomic E-state index is 12.8. The minimum Gasteiger partial charge on any atom is -0.490 e. The average Bonchev–Trinajstić information content (AvgIpc) is 2.81. The molecule has 0 atom stereocenters. The van der Waals surface area contributed by atoms with Crippen LogP contribution in [0, 0.1) is 0 Å². The van der Waals surface area contributed by atoms with Gasteiger partial charge in [0.25, 0.3) is 0 Å². The summed E-state index contributed by atoms with van der Waals surface area (Å²) >= 11 is 0. The molecule has 146 valence electrons. The first-order chi connectivity index (χ1) is 13.0. The van der Waals surface area contributed by atoms with Gasteiger partial charge in [0.1, 0.15) is 5.82 Å². The summed E-state index contributed by atoms with van der Waals surface area (Å²) in [4.78, 5) is 26.6. The SMILES string of the molecule is CCOc1ccc(CC(=O)N2CCc3nn(C)c(=O)n3CC2)cc1OCC. The summed E-state index contributed by atoms with van der Waals surface area (Å²) in [5, 5.41) is 4.25. The Morgan fingerprint density at radius 1 is 1.11 bits per heavy atom. The summed E-state index contributed by atoms with van der Waals surface area (Å²) in [5.74, 6) is 2.11. The second-order valence-electron chi connectivity index (χ2n) is 6.43. The van der Waals surface area contributed by atoms with Crippen LogP contribution in [0.2, 0.25) is 0 Å². The van der Waals surface area contributed by atoms with Gasteiger partial charge in [-0.3, -0.25) is 9.36 Å². The maximum Gasteiger partial charge on any atom is 0.345 e. The first-order valence-electron chi connectivity index (χ1n) is 9.32. The van der Waals surface area contributed by atoms with E-state index in [-0.39, 0.29) is 18.0 Å². The zero-order valence-corrected chi connectivity index (χ0v) is 16.1. The number of nitrogens with zero attached hydrogens (tertiary/aromatic N) is 4. The molecular formula is C19H26N4O4.